The molecule has 0 saturated heterocycles. The highest BCUT2D eigenvalue weighted by molar-refractivity contribution is 9.11. The van der Waals surface area contributed by atoms with Crippen molar-refractivity contribution in [3.63, 3.8) is 0 Å². The smallest absolute Gasteiger partial charge is 0.305 e. The fraction of sp³-hybridized carbons (Fsp3) is 0.364. The van der Waals surface area contributed by atoms with Crippen LogP contribution in [0.4, 0.5) is 0 Å². The molecule has 0 fully saturated rings. The molecule has 0 amide bonds. The van der Waals surface area contributed by atoms with Crippen LogP contribution in [0.1, 0.15) is 12.8 Å². The molecule has 1 rings (SSSR count). The van der Waals surface area contributed by atoms with Gasteiger partial charge in [-0.3, -0.25) is 4.79 Å². The van der Waals surface area contributed by atoms with Gasteiger partial charge >= 0.3 is 5.97 Å². The second kappa shape index (κ2) is 7.37. The van der Waals surface area contributed by atoms with Crippen LogP contribution in [-0.4, -0.2) is 28.0 Å². The molecule has 0 unspecified atom stereocenters. The number of nitrogens with one attached hydrogen (secondary N) is 1. The van der Waals surface area contributed by atoms with Gasteiger partial charge in [0.25, 0.3) is 0 Å². The Hall–Kier alpha value is -0.440. The van der Waals surface area contributed by atoms with Crippen LogP contribution in [0.15, 0.2) is 32.0 Å². The molecule has 5 nitrogen and oxygen atoms in total. The predicted molar refractivity (Wildman–Crippen MR) is 78.3 cm³/mol. The molecule has 0 aliphatic heterocycles. The molecular weight excluding hydrogens is 402 g/mol. The largest absolute Gasteiger partial charge is 0.469 e. The quantitative estimate of drug-likeness (QED) is 0.573. The van der Waals surface area contributed by atoms with Gasteiger partial charge in [-0.25, -0.2) is 13.1 Å². The molecule has 8 heteroatoms. The molecule has 19 heavy (non-hydrogen) atoms. The third-order valence-electron chi connectivity index (χ3n) is 2.26. The van der Waals surface area contributed by atoms with Crippen molar-refractivity contribution >= 4 is 47.9 Å². The van der Waals surface area contributed by atoms with Crippen LogP contribution in [0.5, 0.6) is 0 Å². The number of carbonyl (C=O) groups excluding carboxylic acids is 1. The van der Waals surface area contributed by atoms with Crippen molar-refractivity contribution in [2.75, 3.05) is 13.7 Å². The van der Waals surface area contributed by atoms with Gasteiger partial charge in [0.15, 0.2) is 0 Å². The maximum absolute atomic E-state index is 12.0. The van der Waals surface area contributed by atoms with E-state index in [2.05, 4.69) is 41.3 Å². The minimum atomic E-state index is -3.60. The SMILES string of the molecule is COC(=O)CCCNS(=O)(=O)c1cc(Br)ccc1Br. The van der Waals surface area contributed by atoms with E-state index in [0.29, 0.717) is 15.4 Å². The van der Waals surface area contributed by atoms with Crippen LogP contribution in [-0.2, 0) is 19.6 Å². The molecule has 0 aliphatic rings. The Labute approximate surface area is 129 Å². The van der Waals surface area contributed by atoms with E-state index >= 15 is 0 Å². The van der Waals surface area contributed by atoms with Gasteiger partial charge in [-0.05, 0) is 40.5 Å². The summed E-state index contributed by atoms with van der Waals surface area (Å²) in [4.78, 5) is 11.0. The molecule has 0 radical (unpaired) electrons. The second-order valence-electron chi connectivity index (χ2n) is 3.65. The van der Waals surface area contributed by atoms with Crippen molar-refractivity contribution in [2.45, 2.75) is 17.7 Å². The Balaban J connectivity index is 2.66. The zero-order valence-corrected chi connectivity index (χ0v) is 14.1. The first-order chi connectivity index (χ1) is 8.86. The van der Waals surface area contributed by atoms with E-state index in [9.17, 15) is 13.2 Å². The molecule has 106 valence electrons. The molecule has 0 bridgehead atoms. The summed E-state index contributed by atoms with van der Waals surface area (Å²) in [5.74, 6) is -0.358. The minimum absolute atomic E-state index is 0.153. The van der Waals surface area contributed by atoms with Gasteiger partial charge < -0.3 is 4.74 Å². The third kappa shape index (κ3) is 5.21. The highest BCUT2D eigenvalue weighted by Gasteiger charge is 2.17. The zero-order chi connectivity index (χ0) is 14.5. The van der Waals surface area contributed by atoms with E-state index in [-0.39, 0.29) is 23.8 Å². The molecule has 1 aromatic rings. The molecule has 0 atom stereocenters. The molecule has 0 aromatic heterocycles. The lowest BCUT2D eigenvalue weighted by molar-refractivity contribution is -0.140. The fourth-order valence-electron chi connectivity index (χ4n) is 1.30. The zero-order valence-electron chi connectivity index (χ0n) is 10.2. The van der Waals surface area contributed by atoms with Crippen LogP contribution in [0.3, 0.4) is 0 Å². The lowest BCUT2D eigenvalue weighted by Crippen LogP contribution is -2.25. The summed E-state index contributed by atoms with van der Waals surface area (Å²) in [6.45, 7) is 0.177. The van der Waals surface area contributed by atoms with Crippen LogP contribution < -0.4 is 4.72 Å². The maximum atomic E-state index is 12.0. The number of hydrogen-bond donors (Lipinski definition) is 1. The van der Waals surface area contributed by atoms with Crippen LogP contribution in [0.25, 0.3) is 0 Å². The van der Waals surface area contributed by atoms with Gasteiger partial charge in [0.1, 0.15) is 0 Å². The minimum Gasteiger partial charge on any atom is -0.469 e. The highest BCUT2D eigenvalue weighted by atomic mass is 79.9. The average Bonchev–Trinajstić information content (AvgIpc) is 2.37. The summed E-state index contributed by atoms with van der Waals surface area (Å²) in [5, 5.41) is 0. The summed E-state index contributed by atoms with van der Waals surface area (Å²) in [6.07, 6.45) is 0.566. The average molecular weight is 415 g/mol. The molecule has 0 saturated carbocycles. The third-order valence-corrected chi connectivity index (χ3v) is 5.21. The standard InChI is InChI=1S/C11H13Br2NO4S/c1-18-11(15)3-2-6-14-19(16,17)10-7-8(12)4-5-9(10)13/h4-5,7,14H,2-3,6H2,1H3. The van der Waals surface area contributed by atoms with Gasteiger partial charge in [0.05, 0.1) is 12.0 Å². The summed E-state index contributed by atoms with van der Waals surface area (Å²) in [7, 11) is -2.30. The number of methoxy groups -OCH3 is 1. The highest BCUT2D eigenvalue weighted by Crippen LogP contribution is 2.25. The fourth-order valence-corrected chi connectivity index (χ4v) is 3.88. The van der Waals surface area contributed by atoms with Crippen molar-refractivity contribution in [2.24, 2.45) is 0 Å². The Morgan fingerprint density at radius 2 is 2.05 bits per heavy atom. The van der Waals surface area contributed by atoms with Crippen molar-refractivity contribution in [3.05, 3.63) is 27.1 Å². The number of hydrogen-bond acceptors (Lipinski definition) is 4. The van der Waals surface area contributed by atoms with Crippen molar-refractivity contribution < 1.29 is 17.9 Å². The number of sulfonamides is 1. The van der Waals surface area contributed by atoms with E-state index in [1.807, 2.05) is 0 Å². The summed E-state index contributed by atoms with van der Waals surface area (Å²) < 4.78 is 32.1. The van der Waals surface area contributed by atoms with Crippen LogP contribution in [0, 0.1) is 0 Å². The topological polar surface area (TPSA) is 72.5 Å². The Bertz CT molecular complexity index is 560. The lowest BCUT2D eigenvalue weighted by Gasteiger charge is -2.08. The van der Waals surface area contributed by atoms with Gasteiger partial charge in [-0.15, -0.1) is 0 Å². The first kappa shape index (κ1) is 16.6. The first-order valence-corrected chi connectivity index (χ1v) is 8.45. The van der Waals surface area contributed by atoms with E-state index in [0.717, 1.165) is 0 Å². The van der Waals surface area contributed by atoms with Crippen molar-refractivity contribution in [3.8, 4) is 0 Å². The summed E-state index contributed by atoms with van der Waals surface area (Å²) in [6, 6.07) is 4.89. The Morgan fingerprint density at radius 1 is 1.37 bits per heavy atom. The van der Waals surface area contributed by atoms with Crippen LogP contribution >= 0.6 is 31.9 Å². The van der Waals surface area contributed by atoms with E-state index in [1.54, 1.807) is 12.1 Å². The second-order valence-corrected chi connectivity index (χ2v) is 7.16. The van der Waals surface area contributed by atoms with Gasteiger partial charge in [0, 0.05) is 21.9 Å². The number of rotatable bonds is 6. The lowest BCUT2D eigenvalue weighted by atomic mass is 10.3. The first-order valence-electron chi connectivity index (χ1n) is 5.38. The van der Waals surface area contributed by atoms with Gasteiger partial charge in [0.2, 0.25) is 10.0 Å². The Morgan fingerprint density at radius 3 is 2.68 bits per heavy atom. The molecular formula is C11H13Br2NO4S. The monoisotopic (exact) mass is 413 g/mol. The summed E-state index contributed by atoms with van der Waals surface area (Å²) in [5.41, 5.74) is 0. The number of halogens is 2. The van der Waals surface area contributed by atoms with E-state index in [4.69, 9.17) is 0 Å². The molecule has 0 aliphatic carbocycles. The number of benzene rings is 1. The van der Waals surface area contributed by atoms with Crippen molar-refractivity contribution in [1.82, 2.24) is 4.72 Å². The van der Waals surface area contributed by atoms with Crippen LogP contribution in [0.2, 0.25) is 0 Å². The van der Waals surface area contributed by atoms with E-state index < -0.39 is 10.0 Å². The number of esters is 1. The Kier molecular flexibility index (Phi) is 6.45. The number of carbonyl (C=O) groups is 1. The van der Waals surface area contributed by atoms with E-state index in [1.165, 1.54) is 13.2 Å². The van der Waals surface area contributed by atoms with Crippen molar-refractivity contribution in [1.29, 1.82) is 0 Å². The normalized spacial score (nSPS) is 11.3. The van der Waals surface area contributed by atoms with Gasteiger partial charge in [-0.1, -0.05) is 15.9 Å². The predicted octanol–water partition coefficient (Wildman–Crippen LogP) is 2.44. The number of ether oxygens (including phenoxy) is 1. The maximum Gasteiger partial charge on any atom is 0.305 e. The van der Waals surface area contributed by atoms with Gasteiger partial charge in [-0.2, -0.15) is 0 Å². The molecule has 1 N–H and O–H groups in total. The summed E-state index contributed by atoms with van der Waals surface area (Å²) >= 11 is 6.42. The molecule has 0 heterocycles. The molecule has 0 spiro atoms. The molecule has 1 aromatic carbocycles.